The molecular formula is C13H16N4O2S. The Hall–Kier alpha value is -2.12. The van der Waals surface area contributed by atoms with Crippen LogP contribution in [0, 0.1) is 0 Å². The number of rotatable bonds is 4. The van der Waals surface area contributed by atoms with Crippen molar-refractivity contribution in [3.63, 3.8) is 0 Å². The van der Waals surface area contributed by atoms with Gasteiger partial charge in [-0.2, -0.15) is 0 Å². The molecule has 0 aliphatic rings. The summed E-state index contributed by atoms with van der Waals surface area (Å²) >= 11 is 0. The summed E-state index contributed by atoms with van der Waals surface area (Å²) in [6.07, 6.45) is 1.69. The Balaban J connectivity index is 2.30. The summed E-state index contributed by atoms with van der Waals surface area (Å²) in [5.41, 5.74) is 7.62. The molecule has 1 atom stereocenters. The van der Waals surface area contributed by atoms with Crippen LogP contribution in [0.3, 0.4) is 0 Å². The van der Waals surface area contributed by atoms with Gasteiger partial charge in [0.05, 0.1) is 28.0 Å². The normalized spacial score (nSPS) is 12.9. The van der Waals surface area contributed by atoms with Gasteiger partial charge in [0.25, 0.3) is 0 Å². The summed E-state index contributed by atoms with van der Waals surface area (Å²) in [4.78, 5) is 4.25. The minimum Gasteiger partial charge on any atom is -0.397 e. The quantitative estimate of drug-likeness (QED) is 0.739. The average molecular weight is 292 g/mol. The Morgan fingerprint density at radius 3 is 2.60 bits per heavy atom. The third-order valence-electron chi connectivity index (χ3n) is 2.86. The second-order valence-electron chi connectivity index (χ2n) is 4.41. The van der Waals surface area contributed by atoms with Crippen molar-refractivity contribution in [2.45, 2.75) is 17.9 Å². The highest BCUT2D eigenvalue weighted by Crippen LogP contribution is 2.26. The maximum absolute atomic E-state index is 11.3. The number of hydrogen-bond acceptors (Lipinski definition) is 5. The Bertz CT molecular complexity index is 702. The van der Waals surface area contributed by atoms with Crippen LogP contribution in [0.5, 0.6) is 0 Å². The molecule has 0 saturated carbocycles. The van der Waals surface area contributed by atoms with E-state index in [0.717, 1.165) is 5.69 Å². The van der Waals surface area contributed by atoms with E-state index in [1.807, 2.05) is 25.1 Å². The van der Waals surface area contributed by atoms with Crippen LogP contribution in [-0.4, -0.2) is 13.4 Å². The van der Waals surface area contributed by atoms with Crippen LogP contribution >= 0.6 is 0 Å². The summed E-state index contributed by atoms with van der Waals surface area (Å²) < 4.78 is 22.7. The number of nitrogens with zero attached hydrogens (tertiary/aromatic N) is 1. The van der Waals surface area contributed by atoms with Gasteiger partial charge in [-0.05, 0) is 37.3 Å². The zero-order valence-corrected chi connectivity index (χ0v) is 11.8. The predicted octanol–water partition coefficient (Wildman–Crippen LogP) is 1.48. The minimum absolute atomic E-state index is 0.0161. The lowest BCUT2D eigenvalue weighted by Crippen LogP contribution is -2.14. The summed E-state index contributed by atoms with van der Waals surface area (Å²) in [6.45, 7) is 1.91. The number of hydrogen-bond donors (Lipinski definition) is 3. The third-order valence-corrected chi connectivity index (χ3v) is 3.77. The van der Waals surface area contributed by atoms with Gasteiger partial charge in [0.15, 0.2) is 0 Å². The van der Waals surface area contributed by atoms with Crippen molar-refractivity contribution in [3.05, 3.63) is 48.3 Å². The highest BCUT2D eigenvalue weighted by molar-refractivity contribution is 7.89. The van der Waals surface area contributed by atoms with E-state index in [-0.39, 0.29) is 10.9 Å². The smallest absolute Gasteiger partial charge is 0.238 e. The minimum atomic E-state index is -3.75. The van der Waals surface area contributed by atoms with Crippen LogP contribution in [-0.2, 0) is 10.0 Å². The van der Waals surface area contributed by atoms with E-state index in [1.165, 1.54) is 18.2 Å². The number of nitrogens with two attached hydrogens (primary N) is 2. The van der Waals surface area contributed by atoms with Crippen molar-refractivity contribution in [3.8, 4) is 0 Å². The summed E-state index contributed by atoms with van der Waals surface area (Å²) in [5, 5.41) is 8.24. The van der Waals surface area contributed by atoms with Gasteiger partial charge in [-0.3, -0.25) is 4.98 Å². The Morgan fingerprint density at radius 2 is 2.00 bits per heavy atom. The highest BCUT2D eigenvalue weighted by Gasteiger charge is 2.13. The summed E-state index contributed by atoms with van der Waals surface area (Å²) in [5.74, 6) is 0. The van der Waals surface area contributed by atoms with Gasteiger partial charge in [0.1, 0.15) is 0 Å². The molecule has 0 aliphatic heterocycles. The van der Waals surface area contributed by atoms with Crippen LogP contribution in [0.15, 0.2) is 47.5 Å². The van der Waals surface area contributed by atoms with Gasteiger partial charge in [-0.15, -0.1) is 0 Å². The maximum atomic E-state index is 11.3. The topological polar surface area (TPSA) is 111 Å². The van der Waals surface area contributed by atoms with Crippen LogP contribution in [0.4, 0.5) is 11.4 Å². The molecule has 0 spiro atoms. The molecule has 7 heteroatoms. The molecule has 0 radical (unpaired) electrons. The number of primary sulfonamides is 1. The highest BCUT2D eigenvalue weighted by atomic mass is 32.2. The lowest BCUT2D eigenvalue weighted by Gasteiger charge is -2.17. The fraction of sp³-hybridized carbons (Fsp3) is 0.154. The molecule has 0 saturated heterocycles. The van der Waals surface area contributed by atoms with E-state index in [9.17, 15) is 8.42 Å². The first-order valence-electron chi connectivity index (χ1n) is 5.98. The number of nitrogen functional groups attached to an aromatic ring is 1. The van der Waals surface area contributed by atoms with Crippen LogP contribution in [0.2, 0.25) is 0 Å². The van der Waals surface area contributed by atoms with Crippen molar-refractivity contribution in [2.24, 2.45) is 5.14 Å². The third kappa shape index (κ3) is 3.25. The van der Waals surface area contributed by atoms with Crippen molar-refractivity contribution in [1.82, 2.24) is 4.98 Å². The summed E-state index contributed by atoms with van der Waals surface area (Å²) in [6, 6.07) is 9.77. The molecule has 0 bridgehead atoms. The Labute approximate surface area is 117 Å². The average Bonchev–Trinajstić information content (AvgIpc) is 2.41. The van der Waals surface area contributed by atoms with E-state index in [4.69, 9.17) is 10.9 Å². The molecule has 1 heterocycles. The number of benzene rings is 1. The predicted molar refractivity (Wildman–Crippen MR) is 78.5 cm³/mol. The van der Waals surface area contributed by atoms with Gasteiger partial charge in [-0.1, -0.05) is 6.07 Å². The number of pyridine rings is 1. The SMILES string of the molecule is CC(Nc1cc(S(N)(=O)=O)ccc1N)c1ccccn1. The molecule has 0 amide bonds. The fourth-order valence-corrected chi connectivity index (χ4v) is 2.32. The molecule has 0 fully saturated rings. The molecule has 20 heavy (non-hydrogen) atoms. The van der Waals surface area contributed by atoms with Crippen molar-refractivity contribution in [1.29, 1.82) is 0 Å². The molecule has 1 aromatic heterocycles. The van der Waals surface area contributed by atoms with E-state index >= 15 is 0 Å². The molecule has 0 aliphatic carbocycles. The zero-order valence-electron chi connectivity index (χ0n) is 10.9. The second-order valence-corrected chi connectivity index (χ2v) is 5.98. The second kappa shape index (κ2) is 5.48. The van der Waals surface area contributed by atoms with Crippen LogP contribution < -0.4 is 16.2 Å². The van der Waals surface area contributed by atoms with Crippen molar-refractivity contribution < 1.29 is 8.42 Å². The molecule has 6 nitrogen and oxygen atoms in total. The molecule has 1 aromatic carbocycles. The number of anilines is 2. The standard InChI is InChI=1S/C13H16N4O2S/c1-9(12-4-2-3-7-16-12)17-13-8-10(20(15,18)19)5-6-11(13)14/h2-9,17H,14H2,1H3,(H2,15,18,19). The van der Waals surface area contributed by atoms with E-state index in [1.54, 1.807) is 6.20 Å². The van der Waals surface area contributed by atoms with Gasteiger partial charge in [0.2, 0.25) is 10.0 Å². The van der Waals surface area contributed by atoms with Crippen LogP contribution in [0.1, 0.15) is 18.7 Å². The molecule has 2 rings (SSSR count). The Kier molecular flexibility index (Phi) is 3.91. The number of nitrogens with one attached hydrogen (secondary N) is 1. The Morgan fingerprint density at radius 1 is 1.25 bits per heavy atom. The molecular weight excluding hydrogens is 276 g/mol. The fourth-order valence-electron chi connectivity index (χ4n) is 1.78. The van der Waals surface area contributed by atoms with Gasteiger partial charge >= 0.3 is 0 Å². The van der Waals surface area contributed by atoms with E-state index < -0.39 is 10.0 Å². The van der Waals surface area contributed by atoms with Gasteiger partial charge in [-0.25, -0.2) is 13.6 Å². The number of aromatic nitrogens is 1. The van der Waals surface area contributed by atoms with Crippen LogP contribution in [0.25, 0.3) is 0 Å². The van der Waals surface area contributed by atoms with E-state index in [2.05, 4.69) is 10.3 Å². The largest absolute Gasteiger partial charge is 0.397 e. The first-order valence-corrected chi connectivity index (χ1v) is 7.52. The lowest BCUT2D eigenvalue weighted by molar-refractivity contribution is 0.598. The van der Waals surface area contributed by atoms with E-state index in [0.29, 0.717) is 11.4 Å². The van der Waals surface area contributed by atoms with Gasteiger partial charge in [0, 0.05) is 6.20 Å². The van der Waals surface area contributed by atoms with Gasteiger partial charge < -0.3 is 11.1 Å². The molecule has 5 N–H and O–H groups in total. The lowest BCUT2D eigenvalue weighted by atomic mass is 10.2. The molecule has 1 unspecified atom stereocenters. The maximum Gasteiger partial charge on any atom is 0.238 e. The van der Waals surface area contributed by atoms with Crippen molar-refractivity contribution >= 4 is 21.4 Å². The zero-order chi connectivity index (χ0) is 14.8. The first kappa shape index (κ1) is 14.3. The number of sulfonamides is 1. The molecule has 2 aromatic rings. The molecule has 106 valence electrons. The summed E-state index contributed by atoms with van der Waals surface area (Å²) in [7, 11) is -3.75. The monoisotopic (exact) mass is 292 g/mol. The van der Waals surface area contributed by atoms with Crippen molar-refractivity contribution in [2.75, 3.05) is 11.1 Å². The first-order chi connectivity index (χ1) is 9.38.